The number of sulfonamides is 1. The molecule has 6 nitrogen and oxygen atoms in total. The minimum absolute atomic E-state index is 0.104. The molecule has 0 unspecified atom stereocenters. The van der Waals surface area contributed by atoms with Gasteiger partial charge in [-0.2, -0.15) is 4.72 Å². The van der Waals surface area contributed by atoms with Crippen LogP contribution in [0.1, 0.15) is 48.1 Å². The van der Waals surface area contributed by atoms with Crippen LogP contribution in [0.4, 0.5) is 0 Å². The molecule has 0 saturated heterocycles. The lowest BCUT2D eigenvalue weighted by molar-refractivity contribution is -0.123. The van der Waals surface area contributed by atoms with E-state index in [0.29, 0.717) is 12.4 Å². The Morgan fingerprint density at radius 1 is 1.06 bits per heavy atom. The summed E-state index contributed by atoms with van der Waals surface area (Å²) in [6.45, 7) is 4.18. The highest BCUT2D eigenvalue weighted by molar-refractivity contribution is 7.89. The van der Waals surface area contributed by atoms with Gasteiger partial charge in [-0.3, -0.25) is 4.79 Å². The van der Waals surface area contributed by atoms with Crippen molar-refractivity contribution in [3.63, 3.8) is 0 Å². The molecule has 1 aliphatic rings. The number of aryl methyl sites for hydroxylation is 2. The third-order valence-corrected chi connectivity index (χ3v) is 7.81. The van der Waals surface area contributed by atoms with Crippen molar-refractivity contribution in [1.82, 2.24) is 10.0 Å². The lowest BCUT2D eigenvalue weighted by atomic mass is 9.87. The molecule has 0 spiro atoms. The zero-order valence-electron chi connectivity index (χ0n) is 20.2. The molecule has 35 heavy (non-hydrogen) atoms. The molecule has 0 fully saturated rings. The maximum Gasteiger partial charge on any atom is 0.241 e. The Morgan fingerprint density at radius 2 is 1.80 bits per heavy atom. The maximum atomic E-state index is 13.5. The Balaban J connectivity index is 1.58. The van der Waals surface area contributed by atoms with Crippen molar-refractivity contribution in [2.24, 2.45) is 0 Å². The van der Waals surface area contributed by atoms with Gasteiger partial charge in [0.25, 0.3) is 0 Å². The minimum atomic E-state index is -3.95. The van der Waals surface area contributed by atoms with Gasteiger partial charge in [-0.05, 0) is 80.0 Å². The molecular weight excluding hydrogens is 460 g/mol. The van der Waals surface area contributed by atoms with Crippen molar-refractivity contribution >= 4 is 15.9 Å². The molecular formula is C28H32N2O4S. The van der Waals surface area contributed by atoms with E-state index in [1.165, 1.54) is 11.6 Å². The van der Waals surface area contributed by atoms with Crippen LogP contribution in [0.15, 0.2) is 77.7 Å². The fourth-order valence-corrected chi connectivity index (χ4v) is 5.86. The molecule has 0 aromatic heterocycles. The molecule has 1 amide bonds. The Hall–Kier alpha value is -3.16. The SMILES string of the molecule is CCOc1ccc(S(=O)(=O)N[C@H](Cc2ccccc2)C(=O)N[C@H]2CCCc3ccccc32)cc1C. The molecule has 0 heterocycles. The monoisotopic (exact) mass is 492 g/mol. The highest BCUT2D eigenvalue weighted by atomic mass is 32.2. The van der Waals surface area contributed by atoms with Crippen LogP contribution in [0.5, 0.6) is 5.75 Å². The van der Waals surface area contributed by atoms with Crippen molar-refractivity contribution in [2.75, 3.05) is 6.61 Å². The Bertz CT molecular complexity index is 1280. The second-order valence-corrected chi connectivity index (χ2v) is 10.6. The average molecular weight is 493 g/mol. The third kappa shape index (κ3) is 6.10. The van der Waals surface area contributed by atoms with Gasteiger partial charge in [0.15, 0.2) is 0 Å². The van der Waals surface area contributed by atoms with Gasteiger partial charge in [-0.1, -0.05) is 54.6 Å². The number of rotatable bonds is 9. The highest BCUT2D eigenvalue weighted by Crippen LogP contribution is 2.29. The topological polar surface area (TPSA) is 84.5 Å². The molecule has 2 N–H and O–H groups in total. The molecule has 4 rings (SSSR count). The van der Waals surface area contributed by atoms with Crippen LogP contribution in [-0.2, 0) is 27.7 Å². The number of carbonyl (C=O) groups excluding carboxylic acids is 1. The van der Waals surface area contributed by atoms with E-state index >= 15 is 0 Å². The molecule has 3 aromatic carbocycles. The number of fused-ring (bicyclic) bond motifs is 1. The molecule has 3 aromatic rings. The van der Waals surface area contributed by atoms with E-state index in [-0.39, 0.29) is 23.3 Å². The summed E-state index contributed by atoms with van der Waals surface area (Å²) in [5, 5.41) is 3.12. The highest BCUT2D eigenvalue weighted by Gasteiger charge is 2.29. The number of benzene rings is 3. The van der Waals surface area contributed by atoms with E-state index in [1.54, 1.807) is 19.1 Å². The second kappa shape index (κ2) is 11.1. The van der Waals surface area contributed by atoms with Crippen LogP contribution < -0.4 is 14.8 Å². The van der Waals surface area contributed by atoms with E-state index in [0.717, 1.165) is 36.0 Å². The second-order valence-electron chi connectivity index (χ2n) is 8.88. The molecule has 0 aliphatic heterocycles. The number of hydrogen-bond acceptors (Lipinski definition) is 4. The number of amides is 1. The van der Waals surface area contributed by atoms with Crippen LogP contribution in [0.3, 0.4) is 0 Å². The Morgan fingerprint density at radius 3 is 2.54 bits per heavy atom. The lowest BCUT2D eigenvalue weighted by Gasteiger charge is -2.28. The van der Waals surface area contributed by atoms with E-state index in [4.69, 9.17) is 4.74 Å². The van der Waals surface area contributed by atoms with Gasteiger partial charge in [0.2, 0.25) is 15.9 Å². The fourth-order valence-electron chi connectivity index (χ4n) is 4.58. The van der Waals surface area contributed by atoms with E-state index < -0.39 is 16.1 Å². The van der Waals surface area contributed by atoms with Crippen molar-refractivity contribution in [3.05, 3.63) is 95.1 Å². The van der Waals surface area contributed by atoms with Gasteiger partial charge in [0.05, 0.1) is 17.5 Å². The van der Waals surface area contributed by atoms with Gasteiger partial charge in [0, 0.05) is 0 Å². The summed E-state index contributed by atoms with van der Waals surface area (Å²) in [5.74, 6) is 0.308. The molecule has 1 aliphatic carbocycles. The summed E-state index contributed by atoms with van der Waals surface area (Å²) in [5.41, 5.74) is 3.93. The van der Waals surface area contributed by atoms with Crippen LogP contribution in [-0.4, -0.2) is 27.0 Å². The summed E-state index contributed by atoms with van der Waals surface area (Å²) in [7, 11) is -3.95. The first-order chi connectivity index (χ1) is 16.9. The maximum absolute atomic E-state index is 13.5. The Labute approximate surface area is 207 Å². The fraction of sp³-hybridized carbons (Fsp3) is 0.321. The molecule has 2 atom stereocenters. The third-order valence-electron chi connectivity index (χ3n) is 6.34. The normalized spacial score (nSPS) is 16.2. The van der Waals surface area contributed by atoms with E-state index in [1.807, 2.05) is 55.5 Å². The number of ether oxygens (including phenoxy) is 1. The van der Waals surface area contributed by atoms with Gasteiger partial charge in [-0.15, -0.1) is 0 Å². The standard InChI is InChI=1S/C28H32N2O4S/c1-3-34-27-17-16-23(18-20(27)2)35(32,33)30-26(19-21-10-5-4-6-11-21)28(31)29-25-15-9-13-22-12-7-8-14-24(22)25/h4-8,10-12,14,16-18,25-26,30H,3,9,13,15,19H2,1-2H3,(H,29,31)/t25-,26+/m0/s1. The average Bonchev–Trinajstić information content (AvgIpc) is 2.85. The summed E-state index contributed by atoms with van der Waals surface area (Å²) in [6.07, 6.45) is 3.03. The van der Waals surface area contributed by atoms with Crippen LogP contribution in [0.25, 0.3) is 0 Å². The minimum Gasteiger partial charge on any atom is -0.494 e. The van der Waals surface area contributed by atoms with E-state index in [9.17, 15) is 13.2 Å². The molecule has 7 heteroatoms. The smallest absolute Gasteiger partial charge is 0.241 e. The van der Waals surface area contributed by atoms with Gasteiger partial charge in [0.1, 0.15) is 11.8 Å². The molecule has 0 radical (unpaired) electrons. The first-order valence-electron chi connectivity index (χ1n) is 12.0. The van der Waals surface area contributed by atoms with Crippen molar-refractivity contribution < 1.29 is 17.9 Å². The molecule has 0 bridgehead atoms. The van der Waals surface area contributed by atoms with Crippen LogP contribution in [0, 0.1) is 6.92 Å². The number of nitrogens with one attached hydrogen (secondary N) is 2. The van der Waals surface area contributed by atoms with Gasteiger partial charge in [-0.25, -0.2) is 8.42 Å². The van der Waals surface area contributed by atoms with Crippen molar-refractivity contribution in [3.8, 4) is 5.75 Å². The predicted octanol–water partition coefficient (Wildman–Crippen LogP) is 4.48. The van der Waals surface area contributed by atoms with E-state index in [2.05, 4.69) is 16.1 Å². The summed E-state index contributed by atoms with van der Waals surface area (Å²) < 4.78 is 34.8. The quantitative estimate of drug-likeness (QED) is 0.461. The predicted molar refractivity (Wildman–Crippen MR) is 137 cm³/mol. The van der Waals surface area contributed by atoms with Crippen molar-refractivity contribution in [2.45, 2.75) is 56.5 Å². The largest absolute Gasteiger partial charge is 0.494 e. The molecule has 0 saturated carbocycles. The summed E-state index contributed by atoms with van der Waals surface area (Å²) in [6, 6.07) is 21.2. The zero-order valence-corrected chi connectivity index (χ0v) is 21.0. The first-order valence-corrected chi connectivity index (χ1v) is 13.5. The number of hydrogen-bond donors (Lipinski definition) is 2. The van der Waals surface area contributed by atoms with Gasteiger partial charge < -0.3 is 10.1 Å². The zero-order chi connectivity index (χ0) is 24.8. The summed E-state index contributed by atoms with van der Waals surface area (Å²) in [4.78, 5) is 13.6. The number of carbonyl (C=O) groups is 1. The lowest BCUT2D eigenvalue weighted by Crippen LogP contribution is -2.49. The Kier molecular flexibility index (Phi) is 7.88. The van der Waals surface area contributed by atoms with Crippen molar-refractivity contribution in [1.29, 1.82) is 0 Å². The van der Waals surface area contributed by atoms with Crippen LogP contribution >= 0.6 is 0 Å². The summed E-state index contributed by atoms with van der Waals surface area (Å²) >= 11 is 0. The van der Waals surface area contributed by atoms with Crippen LogP contribution in [0.2, 0.25) is 0 Å². The first kappa shape index (κ1) is 24.9. The van der Waals surface area contributed by atoms with Gasteiger partial charge >= 0.3 is 0 Å². The molecule has 184 valence electrons.